The van der Waals surface area contributed by atoms with Crippen LogP contribution in [0.1, 0.15) is 65.7 Å². The molecule has 106 valence electrons. The molecule has 2 nitrogen and oxygen atoms in total. The van der Waals surface area contributed by atoms with Gasteiger partial charge in [-0.2, -0.15) is 0 Å². The van der Waals surface area contributed by atoms with Gasteiger partial charge in [-0.1, -0.05) is 46.0 Å². The zero-order valence-electron chi connectivity index (χ0n) is 12.4. The summed E-state index contributed by atoms with van der Waals surface area (Å²) in [5, 5.41) is 4.56. The van der Waals surface area contributed by atoms with Crippen LogP contribution in [0.3, 0.4) is 0 Å². The Balaban J connectivity index is 2.40. The molecule has 0 aromatic heterocycles. The summed E-state index contributed by atoms with van der Waals surface area (Å²) in [6.45, 7) is 8.90. The molecule has 18 heavy (non-hydrogen) atoms. The largest absolute Gasteiger partial charge is 0.360 e. The van der Waals surface area contributed by atoms with Gasteiger partial charge < -0.3 is 10.2 Å². The number of hydrogen-bond acceptors (Lipinski definition) is 1. The van der Waals surface area contributed by atoms with E-state index in [-0.39, 0.29) is 0 Å². The summed E-state index contributed by atoms with van der Waals surface area (Å²) in [6, 6.07) is 0.627. The van der Waals surface area contributed by atoms with E-state index in [0.29, 0.717) is 6.04 Å². The average molecular weight is 270 g/mol. The van der Waals surface area contributed by atoms with Gasteiger partial charge in [0.05, 0.1) is 0 Å². The standard InChI is InChI=1S/C15H30N2S/c1-4-13(5-2)12-17(6-3)15(18)16-14-10-8-7-9-11-14/h13-14H,4-12H2,1-3H3,(H,16,18). The zero-order valence-corrected chi connectivity index (χ0v) is 13.2. The lowest BCUT2D eigenvalue weighted by Gasteiger charge is -2.32. The first-order chi connectivity index (χ1) is 8.71. The highest BCUT2D eigenvalue weighted by atomic mass is 32.1. The van der Waals surface area contributed by atoms with Gasteiger partial charge in [0.15, 0.2) is 5.11 Å². The van der Waals surface area contributed by atoms with Crippen LogP contribution in [0.25, 0.3) is 0 Å². The van der Waals surface area contributed by atoms with E-state index in [4.69, 9.17) is 12.2 Å². The van der Waals surface area contributed by atoms with Crippen LogP contribution in [0, 0.1) is 5.92 Å². The quantitative estimate of drug-likeness (QED) is 0.736. The first-order valence-corrected chi connectivity index (χ1v) is 8.17. The number of nitrogens with one attached hydrogen (secondary N) is 1. The van der Waals surface area contributed by atoms with Gasteiger partial charge in [-0.3, -0.25) is 0 Å². The van der Waals surface area contributed by atoms with Gasteiger partial charge in [0, 0.05) is 19.1 Å². The summed E-state index contributed by atoms with van der Waals surface area (Å²) in [4.78, 5) is 2.35. The Morgan fingerprint density at radius 1 is 1.17 bits per heavy atom. The maximum absolute atomic E-state index is 5.58. The first-order valence-electron chi connectivity index (χ1n) is 7.76. The van der Waals surface area contributed by atoms with Crippen molar-refractivity contribution in [2.45, 2.75) is 71.8 Å². The van der Waals surface area contributed by atoms with Gasteiger partial charge in [0.2, 0.25) is 0 Å². The molecular formula is C15H30N2S. The Morgan fingerprint density at radius 3 is 2.28 bits per heavy atom. The first kappa shape index (κ1) is 15.7. The average Bonchev–Trinajstić information content (AvgIpc) is 2.41. The fraction of sp³-hybridized carbons (Fsp3) is 0.933. The molecule has 0 aromatic rings. The maximum atomic E-state index is 5.58. The molecule has 0 saturated heterocycles. The number of thiocarbonyl (C=S) groups is 1. The van der Waals surface area contributed by atoms with Crippen molar-refractivity contribution in [1.29, 1.82) is 0 Å². The molecule has 0 atom stereocenters. The van der Waals surface area contributed by atoms with E-state index in [0.717, 1.165) is 24.1 Å². The second-order valence-corrected chi connectivity index (χ2v) is 5.89. The molecule has 0 amide bonds. The van der Waals surface area contributed by atoms with Crippen LogP contribution in [0.5, 0.6) is 0 Å². The van der Waals surface area contributed by atoms with E-state index in [1.165, 1.54) is 44.9 Å². The molecular weight excluding hydrogens is 240 g/mol. The molecule has 0 radical (unpaired) electrons. The Morgan fingerprint density at radius 2 is 1.78 bits per heavy atom. The summed E-state index contributed by atoms with van der Waals surface area (Å²) in [6.07, 6.45) is 9.21. The van der Waals surface area contributed by atoms with Crippen LogP contribution in [-0.2, 0) is 0 Å². The molecule has 3 heteroatoms. The lowest BCUT2D eigenvalue weighted by atomic mass is 9.96. The van der Waals surface area contributed by atoms with Gasteiger partial charge in [-0.25, -0.2) is 0 Å². The van der Waals surface area contributed by atoms with Crippen molar-refractivity contribution < 1.29 is 0 Å². The fourth-order valence-corrected chi connectivity index (χ4v) is 3.10. The highest BCUT2D eigenvalue weighted by Crippen LogP contribution is 2.18. The summed E-state index contributed by atoms with van der Waals surface area (Å²) < 4.78 is 0. The SMILES string of the molecule is CCC(CC)CN(CC)C(=S)NC1CCCCC1. The second-order valence-electron chi connectivity index (χ2n) is 5.51. The van der Waals surface area contributed by atoms with Gasteiger partial charge in [-0.05, 0) is 37.9 Å². The van der Waals surface area contributed by atoms with E-state index in [1.54, 1.807) is 0 Å². The molecule has 1 aliphatic carbocycles. The summed E-state index contributed by atoms with van der Waals surface area (Å²) in [5.74, 6) is 0.774. The number of hydrogen-bond donors (Lipinski definition) is 1. The molecule has 0 unspecified atom stereocenters. The van der Waals surface area contributed by atoms with E-state index in [1.807, 2.05) is 0 Å². The number of nitrogens with zero attached hydrogens (tertiary/aromatic N) is 1. The molecule has 1 rings (SSSR count). The third-order valence-corrected chi connectivity index (χ3v) is 4.61. The minimum Gasteiger partial charge on any atom is -0.360 e. The van der Waals surface area contributed by atoms with Crippen LogP contribution in [-0.4, -0.2) is 29.1 Å². The van der Waals surface area contributed by atoms with Crippen molar-refractivity contribution in [2.75, 3.05) is 13.1 Å². The lowest BCUT2D eigenvalue weighted by molar-refractivity contribution is 0.320. The molecule has 0 bridgehead atoms. The van der Waals surface area contributed by atoms with Gasteiger partial charge in [-0.15, -0.1) is 0 Å². The van der Waals surface area contributed by atoms with Crippen molar-refractivity contribution in [3.8, 4) is 0 Å². The van der Waals surface area contributed by atoms with Crippen LogP contribution in [0.2, 0.25) is 0 Å². The number of rotatable bonds is 6. The van der Waals surface area contributed by atoms with Crippen molar-refractivity contribution in [3.05, 3.63) is 0 Å². The zero-order chi connectivity index (χ0) is 13.4. The van der Waals surface area contributed by atoms with Crippen LogP contribution >= 0.6 is 12.2 Å². The van der Waals surface area contributed by atoms with Crippen LogP contribution in [0.4, 0.5) is 0 Å². The fourth-order valence-electron chi connectivity index (χ4n) is 2.73. The Kier molecular flexibility index (Phi) is 7.64. The molecule has 1 aliphatic rings. The normalized spacial score (nSPS) is 16.9. The Hall–Kier alpha value is -0.310. The van der Waals surface area contributed by atoms with Gasteiger partial charge in [0.25, 0.3) is 0 Å². The summed E-state index contributed by atoms with van der Waals surface area (Å²) in [7, 11) is 0. The molecule has 1 fully saturated rings. The highest BCUT2D eigenvalue weighted by Gasteiger charge is 2.18. The smallest absolute Gasteiger partial charge is 0.169 e. The van der Waals surface area contributed by atoms with Crippen molar-refractivity contribution in [1.82, 2.24) is 10.2 Å². The monoisotopic (exact) mass is 270 g/mol. The predicted octanol–water partition coefficient (Wildman–Crippen LogP) is 3.95. The molecule has 0 heterocycles. The van der Waals surface area contributed by atoms with Crippen molar-refractivity contribution in [3.63, 3.8) is 0 Å². The Labute approximate surface area is 119 Å². The van der Waals surface area contributed by atoms with Crippen molar-refractivity contribution >= 4 is 17.3 Å². The topological polar surface area (TPSA) is 15.3 Å². The molecule has 1 saturated carbocycles. The van der Waals surface area contributed by atoms with Crippen LogP contribution in [0.15, 0.2) is 0 Å². The minimum absolute atomic E-state index is 0.627. The summed E-state index contributed by atoms with van der Waals surface area (Å²) >= 11 is 5.58. The minimum atomic E-state index is 0.627. The predicted molar refractivity (Wildman–Crippen MR) is 83.9 cm³/mol. The van der Waals surface area contributed by atoms with E-state index in [2.05, 4.69) is 31.0 Å². The molecule has 0 spiro atoms. The van der Waals surface area contributed by atoms with E-state index in [9.17, 15) is 0 Å². The lowest BCUT2D eigenvalue weighted by Crippen LogP contribution is -2.46. The second kappa shape index (κ2) is 8.73. The Bertz CT molecular complexity index is 233. The third-order valence-electron chi connectivity index (χ3n) is 4.23. The highest BCUT2D eigenvalue weighted by molar-refractivity contribution is 7.80. The molecule has 0 aliphatic heterocycles. The van der Waals surface area contributed by atoms with E-state index >= 15 is 0 Å². The third kappa shape index (κ3) is 5.13. The van der Waals surface area contributed by atoms with E-state index < -0.39 is 0 Å². The van der Waals surface area contributed by atoms with Gasteiger partial charge >= 0.3 is 0 Å². The van der Waals surface area contributed by atoms with Crippen molar-refractivity contribution in [2.24, 2.45) is 5.92 Å². The molecule has 0 aromatic carbocycles. The van der Waals surface area contributed by atoms with Gasteiger partial charge in [0.1, 0.15) is 0 Å². The van der Waals surface area contributed by atoms with Crippen LogP contribution < -0.4 is 5.32 Å². The molecule has 1 N–H and O–H groups in total. The summed E-state index contributed by atoms with van der Waals surface area (Å²) in [5.41, 5.74) is 0. The maximum Gasteiger partial charge on any atom is 0.169 e.